The van der Waals surface area contributed by atoms with Gasteiger partial charge in [-0.05, 0) is 42.9 Å². The highest BCUT2D eigenvalue weighted by molar-refractivity contribution is 9.10. The number of hydrogen-bond donors (Lipinski definition) is 3. The lowest BCUT2D eigenvalue weighted by atomic mass is 10.1. The number of amides is 1. The molecule has 1 atom stereocenters. The van der Waals surface area contributed by atoms with Crippen LogP contribution in [0.15, 0.2) is 28.7 Å². The number of hydrogen-bond acceptors (Lipinski definition) is 2. The van der Waals surface area contributed by atoms with E-state index in [1.165, 1.54) is 51.4 Å². The number of halogens is 4. The maximum absolute atomic E-state index is 12.3. The average molecular weight is 588 g/mol. The molecule has 0 radical (unpaired) electrons. The minimum absolute atomic E-state index is 0.170. The van der Waals surface area contributed by atoms with Crippen LogP contribution in [0.5, 0.6) is 0 Å². The summed E-state index contributed by atoms with van der Waals surface area (Å²) in [6.45, 7) is 2.24. The molecule has 0 heterocycles. The number of unbranched alkanes of at least 4 members (excludes halogenated alkanes) is 10. The number of carbonyl (C=O) groups is 1. The molecule has 3 N–H and O–H groups in total. The van der Waals surface area contributed by atoms with Crippen LogP contribution >= 0.6 is 63.0 Å². The van der Waals surface area contributed by atoms with E-state index in [0.717, 1.165) is 29.4 Å². The molecule has 0 aliphatic rings. The average Bonchev–Trinajstić information content (AvgIpc) is 2.72. The number of benzene rings is 1. The van der Waals surface area contributed by atoms with Crippen molar-refractivity contribution in [2.45, 2.75) is 93.9 Å². The topological polar surface area (TPSA) is 53.2 Å². The third-order valence-corrected chi connectivity index (χ3v) is 6.42. The second kappa shape index (κ2) is 17.2. The first-order valence-electron chi connectivity index (χ1n) is 11.4. The lowest BCUT2D eigenvalue weighted by molar-refractivity contribution is -0.122. The molecule has 0 aromatic heterocycles. The van der Waals surface area contributed by atoms with Gasteiger partial charge in [0.1, 0.15) is 6.17 Å². The van der Waals surface area contributed by atoms with Crippen molar-refractivity contribution in [2.24, 2.45) is 0 Å². The first-order valence-corrected chi connectivity index (χ1v) is 13.7. The molecule has 1 rings (SSSR count). The molecule has 182 valence electrons. The lowest BCUT2D eigenvalue weighted by Crippen LogP contribution is -2.56. The van der Waals surface area contributed by atoms with E-state index in [2.05, 4.69) is 38.8 Å². The zero-order valence-electron chi connectivity index (χ0n) is 18.7. The Bertz CT molecular complexity index is 671. The fourth-order valence-corrected chi connectivity index (χ4v) is 4.04. The Morgan fingerprint density at radius 2 is 1.41 bits per heavy atom. The number of alkyl halides is 3. The van der Waals surface area contributed by atoms with Crippen LogP contribution in [0.1, 0.15) is 84.0 Å². The number of anilines is 1. The van der Waals surface area contributed by atoms with Crippen molar-refractivity contribution in [3.8, 4) is 0 Å². The molecule has 32 heavy (non-hydrogen) atoms. The highest BCUT2D eigenvalue weighted by Crippen LogP contribution is 2.29. The monoisotopic (exact) mass is 585 g/mol. The number of rotatable bonds is 15. The maximum atomic E-state index is 12.3. The number of nitrogens with one attached hydrogen (secondary N) is 3. The maximum Gasteiger partial charge on any atom is 0.228 e. The van der Waals surface area contributed by atoms with Gasteiger partial charge in [-0.1, -0.05) is 122 Å². The van der Waals surface area contributed by atoms with Gasteiger partial charge in [0.05, 0.1) is 0 Å². The number of carbonyl (C=O) groups excluding carboxylic acids is 1. The summed E-state index contributed by atoms with van der Waals surface area (Å²) in [5, 5.41) is 8.87. The third-order valence-electron chi connectivity index (χ3n) is 5.02. The molecule has 0 saturated carbocycles. The smallest absolute Gasteiger partial charge is 0.228 e. The Labute approximate surface area is 222 Å². The van der Waals surface area contributed by atoms with E-state index in [4.69, 9.17) is 47.0 Å². The van der Waals surface area contributed by atoms with Gasteiger partial charge >= 0.3 is 0 Å². The van der Waals surface area contributed by atoms with E-state index < -0.39 is 9.96 Å². The summed E-state index contributed by atoms with van der Waals surface area (Å²) in [6.07, 6.45) is 13.0. The molecule has 1 aromatic rings. The zero-order chi connectivity index (χ0) is 23.8. The number of thiocarbonyl (C=S) groups is 1. The van der Waals surface area contributed by atoms with E-state index in [1.807, 2.05) is 24.3 Å². The standard InChI is InChI=1S/C23H35BrCl3N3OS/c1-2-3-4-5-6-7-8-9-10-11-12-13-20(31)29-21(23(25,26)27)30-22(32)28-19-16-14-18(24)15-17-19/h14-17,21H,2-13H2,1H3,(H,29,31)(H2,28,30,32)/t21-/m0/s1. The second-order valence-corrected chi connectivity index (χ2v) is 11.6. The molecule has 1 aromatic carbocycles. The van der Waals surface area contributed by atoms with E-state index in [0.29, 0.717) is 6.42 Å². The first-order chi connectivity index (χ1) is 15.2. The molecule has 9 heteroatoms. The highest BCUT2D eigenvalue weighted by Gasteiger charge is 2.34. The van der Waals surface area contributed by atoms with Crippen molar-refractivity contribution in [3.63, 3.8) is 0 Å². The molecule has 0 saturated heterocycles. The quantitative estimate of drug-likeness (QED) is 0.0837. The minimum atomic E-state index is -1.75. The summed E-state index contributed by atoms with van der Waals surface area (Å²) in [5.41, 5.74) is 0.779. The Kier molecular flexibility index (Phi) is 16.0. The van der Waals surface area contributed by atoms with Gasteiger partial charge < -0.3 is 16.0 Å². The Hall–Kier alpha value is -0.270. The van der Waals surface area contributed by atoms with Gasteiger partial charge in [0.2, 0.25) is 9.70 Å². The van der Waals surface area contributed by atoms with Crippen molar-refractivity contribution in [2.75, 3.05) is 5.32 Å². The van der Waals surface area contributed by atoms with Crippen LogP contribution < -0.4 is 16.0 Å². The van der Waals surface area contributed by atoms with E-state index in [9.17, 15) is 4.79 Å². The van der Waals surface area contributed by atoms with Crippen LogP contribution in [0.2, 0.25) is 0 Å². The van der Waals surface area contributed by atoms with E-state index in [-0.39, 0.29) is 11.0 Å². The van der Waals surface area contributed by atoms with Gasteiger partial charge in [-0.3, -0.25) is 4.79 Å². The zero-order valence-corrected chi connectivity index (χ0v) is 23.4. The van der Waals surface area contributed by atoms with Crippen LogP contribution in [0, 0.1) is 0 Å². The summed E-state index contributed by atoms with van der Waals surface area (Å²) in [5.74, 6) is -0.170. The van der Waals surface area contributed by atoms with Crippen molar-refractivity contribution in [3.05, 3.63) is 28.7 Å². The fourth-order valence-electron chi connectivity index (χ4n) is 3.21. The van der Waals surface area contributed by atoms with Gasteiger partial charge in [-0.25, -0.2) is 0 Å². The predicted molar refractivity (Wildman–Crippen MR) is 147 cm³/mol. The third kappa shape index (κ3) is 14.8. The van der Waals surface area contributed by atoms with Gasteiger partial charge in [0, 0.05) is 16.6 Å². The van der Waals surface area contributed by atoms with Gasteiger partial charge in [0.15, 0.2) is 5.11 Å². The molecule has 0 aliphatic heterocycles. The summed E-state index contributed by atoms with van der Waals surface area (Å²) in [6, 6.07) is 7.47. The van der Waals surface area contributed by atoms with Crippen molar-refractivity contribution < 1.29 is 4.79 Å². The van der Waals surface area contributed by atoms with Gasteiger partial charge in [0.25, 0.3) is 0 Å². The fraction of sp³-hybridized carbons (Fsp3) is 0.652. The van der Waals surface area contributed by atoms with Crippen LogP contribution in [-0.4, -0.2) is 21.0 Å². The largest absolute Gasteiger partial charge is 0.339 e. The normalized spacial score (nSPS) is 12.3. The van der Waals surface area contributed by atoms with Gasteiger partial charge in [-0.2, -0.15) is 0 Å². The Morgan fingerprint density at radius 3 is 1.91 bits per heavy atom. The SMILES string of the molecule is CCCCCCCCCCCCCC(=O)N[C@@H](NC(=S)Nc1ccc(Br)cc1)C(Cl)(Cl)Cl. The van der Waals surface area contributed by atoms with Crippen LogP contribution in [0.4, 0.5) is 5.69 Å². The van der Waals surface area contributed by atoms with Crippen molar-refractivity contribution in [1.29, 1.82) is 0 Å². The molecular weight excluding hydrogens is 553 g/mol. The molecule has 0 fully saturated rings. The molecular formula is C23H35BrCl3N3OS. The van der Waals surface area contributed by atoms with Gasteiger partial charge in [-0.15, -0.1) is 0 Å². The second-order valence-electron chi connectivity index (χ2n) is 7.93. The van der Waals surface area contributed by atoms with E-state index >= 15 is 0 Å². The predicted octanol–water partition coefficient (Wildman–Crippen LogP) is 8.25. The van der Waals surface area contributed by atoms with Crippen molar-refractivity contribution in [1.82, 2.24) is 10.6 Å². The Balaban J connectivity index is 2.25. The summed E-state index contributed by atoms with van der Waals surface area (Å²) in [7, 11) is 0. The van der Waals surface area contributed by atoms with Crippen LogP contribution in [0.25, 0.3) is 0 Å². The van der Waals surface area contributed by atoms with E-state index in [1.54, 1.807) is 0 Å². The highest BCUT2D eigenvalue weighted by atomic mass is 79.9. The summed E-state index contributed by atoms with van der Waals surface area (Å²) >= 11 is 26.8. The molecule has 0 unspecified atom stereocenters. The lowest BCUT2D eigenvalue weighted by Gasteiger charge is -2.27. The molecule has 4 nitrogen and oxygen atoms in total. The summed E-state index contributed by atoms with van der Waals surface area (Å²) < 4.78 is -0.797. The Morgan fingerprint density at radius 1 is 0.906 bits per heavy atom. The first kappa shape index (κ1) is 29.8. The minimum Gasteiger partial charge on any atom is -0.339 e. The summed E-state index contributed by atoms with van der Waals surface area (Å²) in [4.78, 5) is 12.3. The van der Waals surface area contributed by atoms with Crippen LogP contribution in [0.3, 0.4) is 0 Å². The molecule has 0 spiro atoms. The molecule has 0 aliphatic carbocycles. The molecule has 1 amide bonds. The van der Waals surface area contributed by atoms with Crippen molar-refractivity contribution >= 4 is 79.7 Å². The van der Waals surface area contributed by atoms with Crippen LogP contribution in [-0.2, 0) is 4.79 Å². The molecule has 0 bridgehead atoms.